The van der Waals surface area contributed by atoms with E-state index in [1.54, 1.807) is 0 Å². The van der Waals surface area contributed by atoms with Gasteiger partial charge in [-0.2, -0.15) is 0 Å². The number of hydrogen-bond acceptors (Lipinski definition) is 4. The van der Waals surface area contributed by atoms with E-state index in [1.165, 1.54) is 12.8 Å². The summed E-state index contributed by atoms with van der Waals surface area (Å²) < 4.78 is 5.36. The van der Waals surface area contributed by atoms with E-state index < -0.39 is 0 Å². The first kappa shape index (κ1) is 20.8. The predicted molar refractivity (Wildman–Crippen MR) is 112 cm³/mol. The highest BCUT2D eigenvalue weighted by atomic mass is 16.6. The van der Waals surface area contributed by atoms with Crippen molar-refractivity contribution in [1.29, 1.82) is 0 Å². The summed E-state index contributed by atoms with van der Waals surface area (Å²) in [5.74, 6) is 0. The third-order valence-corrected chi connectivity index (χ3v) is 7.69. The van der Waals surface area contributed by atoms with Crippen molar-refractivity contribution < 1.29 is 14.3 Å². The molecule has 0 radical (unpaired) electrons. The number of fused-ring (bicyclic) bond motifs is 1. The molecule has 4 aliphatic rings. The van der Waals surface area contributed by atoms with Crippen molar-refractivity contribution in [3.05, 3.63) is 0 Å². The molecule has 3 aliphatic heterocycles. The lowest BCUT2D eigenvalue weighted by Crippen LogP contribution is -2.59. The third-order valence-electron chi connectivity index (χ3n) is 7.69. The van der Waals surface area contributed by atoms with Crippen LogP contribution in [0.25, 0.3) is 0 Å². The number of likely N-dealkylation sites (tertiary alicyclic amines) is 2. The second kappa shape index (κ2) is 8.32. The number of carbonyl (C=O) groups is 2. The zero-order valence-corrected chi connectivity index (χ0v) is 18.4. The number of ether oxygens (including phenoxy) is 1. The largest absolute Gasteiger partial charge is 0.447 e. The van der Waals surface area contributed by atoms with Crippen LogP contribution in [0.2, 0.25) is 0 Å². The number of rotatable bonds is 3. The quantitative estimate of drug-likeness (QED) is 0.782. The summed E-state index contributed by atoms with van der Waals surface area (Å²) in [7, 11) is 0. The van der Waals surface area contributed by atoms with E-state index in [9.17, 15) is 9.59 Å². The molecule has 0 bridgehead atoms. The smallest absolute Gasteiger partial charge is 0.410 e. The van der Waals surface area contributed by atoms with Gasteiger partial charge in [-0.15, -0.1) is 0 Å². The van der Waals surface area contributed by atoms with E-state index in [0.717, 1.165) is 64.7 Å². The first-order chi connectivity index (χ1) is 13.9. The first-order valence-electron chi connectivity index (χ1n) is 11.7. The number of nitrogens with zero attached hydrogens (tertiary/aromatic N) is 3. The first-order valence-corrected chi connectivity index (χ1v) is 11.7. The maximum atomic E-state index is 12.6. The molecular weight excluding hydrogens is 368 g/mol. The van der Waals surface area contributed by atoms with Crippen molar-refractivity contribution in [2.24, 2.45) is 0 Å². The number of hydrogen-bond donors (Lipinski definition) is 1. The van der Waals surface area contributed by atoms with Crippen LogP contribution >= 0.6 is 0 Å². The molecule has 3 saturated heterocycles. The van der Waals surface area contributed by atoms with E-state index in [2.05, 4.69) is 22.0 Å². The number of piperidine rings is 2. The zero-order valence-electron chi connectivity index (χ0n) is 18.4. The SMILES string of the molecule is CC(C)OC(=O)N1CCC(C)(N2CCC(N3C(=O)N[C@H]4CCCC[C@H]43)CC2)CC1. The highest BCUT2D eigenvalue weighted by molar-refractivity contribution is 5.78. The van der Waals surface area contributed by atoms with Crippen LogP contribution in [-0.4, -0.2) is 82.8 Å². The lowest BCUT2D eigenvalue weighted by molar-refractivity contribution is -0.00233. The van der Waals surface area contributed by atoms with E-state index in [4.69, 9.17) is 4.74 Å². The maximum absolute atomic E-state index is 12.6. The molecular formula is C22H38N4O3. The van der Waals surface area contributed by atoms with Crippen LogP contribution in [0.4, 0.5) is 9.59 Å². The molecule has 7 heteroatoms. The van der Waals surface area contributed by atoms with Gasteiger partial charge in [-0.05, 0) is 59.3 Å². The molecule has 1 saturated carbocycles. The standard InChI is InChI=1S/C22H38N4O3/c1-16(2)29-21(28)24-14-10-22(3,11-15-24)25-12-8-17(9-13-25)26-19-7-5-4-6-18(19)23-20(26)27/h16-19H,4-15H2,1-3H3,(H,23,27)/t18-,19+/m0/s1. The average Bonchev–Trinajstić information content (AvgIpc) is 3.04. The Hall–Kier alpha value is -1.50. The van der Waals surface area contributed by atoms with Crippen molar-refractivity contribution in [1.82, 2.24) is 20.0 Å². The van der Waals surface area contributed by atoms with Gasteiger partial charge in [0.25, 0.3) is 0 Å². The van der Waals surface area contributed by atoms with Crippen LogP contribution < -0.4 is 5.32 Å². The van der Waals surface area contributed by atoms with Gasteiger partial charge in [0.15, 0.2) is 0 Å². The fourth-order valence-electron chi connectivity index (χ4n) is 5.88. The lowest BCUT2D eigenvalue weighted by atomic mass is 9.85. The normalized spacial score (nSPS) is 31.0. The van der Waals surface area contributed by atoms with Crippen LogP contribution in [0.3, 0.4) is 0 Å². The van der Waals surface area contributed by atoms with Gasteiger partial charge < -0.3 is 19.9 Å². The highest BCUT2D eigenvalue weighted by Gasteiger charge is 2.46. The Morgan fingerprint density at radius 2 is 1.72 bits per heavy atom. The fourth-order valence-corrected chi connectivity index (χ4v) is 5.88. The van der Waals surface area contributed by atoms with Gasteiger partial charge in [0.05, 0.1) is 18.2 Å². The summed E-state index contributed by atoms with van der Waals surface area (Å²) in [5.41, 5.74) is 0.139. The topological polar surface area (TPSA) is 65.1 Å². The monoisotopic (exact) mass is 406 g/mol. The van der Waals surface area contributed by atoms with Crippen LogP contribution in [0.1, 0.15) is 72.1 Å². The van der Waals surface area contributed by atoms with Gasteiger partial charge >= 0.3 is 12.1 Å². The Balaban J connectivity index is 1.29. The van der Waals surface area contributed by atoms with Crippen molar-refractivity contribution in [2.45, 2.75) is 102 Å². The molecule has 7 nitrogen and oxygen atoms in total. The molecule has 29 heavy (non-hydrogen) atoms. The lowest BCUT2D eigenvalue weighted by Gasteiger charge is -2.50. The van der Waals surface area contributed by atoms with Gasteiger partial charge in [-0.25, -0.2) is 9.59 Å². The molecule has 0 aromatic carbocycles. The molecule has 3 heterocycles. The molecule has 0 unspecified atom stereocenters. The number of urea groups is 1. The highest BCUT2D eigenvalue weighted by Crippen LogP contribution is 2.35. The summed E-state index contributed by atoms with van der Waals surface area (Å²) in [6.45, 7) is 9.74. The minimum atomic E-state index is -0.178. The van der Waals surface area contributed by atoms with Crippen LogP contribution in [0.5, 0.6) is 0 Å². The molecule has 0 aromatic heterocycles. The Labute approximate surface area is 175 Å². The predicted octanol–water partition coefficient (Wildman–Crippen LogP) is 3.19. The van der Waals surface area contributed by atoms with E-state index in [1.807, 2.05) is 18.7 Å². The van der Waals surface area contributed by atoms with E-state index in [-0.39, 0.29) is 23.8 Å². The Bertz CT molecular complexity index is 609. The van der Waals surface area contributed by atoms with E-state index >= 15 is 0 Å². The maximum Gasteiger partial charge on any atom is 0.410 e. The number of nitrogens with one attached hydrogen (secondary N) is 1. The third kappa shape index (κ3) is 4.21. The van der Waals surface area contributed by atoms with Crippen LogP contribution in [0.15, 0.2) is 0 Å². The second-order valence-corrected chi connectivity index (χ2v) is 9.95. The van der Waals surface area contributed by atoms with Crippen molar-refractivity contribution in [3.8, 4) is 0 Å². The molecule has 1 aliphatic carbocycles. The second-order valence-electron chi connectivity index (χ2n) is 9.95. The average molecular weight is 407 g/mol. The van der Waals surface area contributed by atoms with E-state index in [0.29, 0.717) is 18.1 Å². The van der Waals surface area contributed by atoms with Gasteiger partial charge in [-0.1, -0.05) is 12.8 Å². The van der Waals surface area contributed by atoms with Crippen molar-refractivity contribution in [3.63, 3.8) is 0 Å². The molecule has 0 aromatic rings. The van der Waals surface area contributed by atoms with Crippen molar-refractivity contribution in [2.75, 3.05) is 26.2 Å². The van der Waals surface area contributed by atoms with Gasteiger partial charge in [0.1, 0.15) is 0 Å². The molecule has 164 valence electrons. The zero-order chi connectivity index (χ0) is 20.6. The Kier molecular flexibility index (Phi) is 5.96. The molecule has 1 N–H and O–H groups in total. The van der Waals surface area contributed by atoms with Gasteiger partial charge in [-0.3, -0.25) is 4.90 Å². The molecule has 2 atom stereocenters. The summed E-state index contributed by atoms with van der Waals surface area (Å²) >= 11 is 0. The number of amides is 3. The molecule has 0 spiro atoms. The summed E-state index contributed by atoms with van der Waals surface area (Å²) in [6.07, 6.45) is 8.64. The summed E-state index contributed by atoms with van der Waals surface area (Å²) in [4.78, 5) is 31.5. The summed E-state index contributed by atoms with van der Waals surface area (Å²) in [6, 6.07) is 1.34. The van der Waals surface area contributed by atoms with Gasteiger partial charge in [0.2, 0.25) is 0 Å². The van der Waals surface area contributed by atoms with Crippen LogP contribution in [0, 0.1) is 0 Å². The number of carbonyl (C=O) groups excluding carboxylic acids is 2. The Morgan fingerprint density at radius 3 is 2.38 bits per heavy atom. The Morgan fingerprint density at radius 1 is 1.07 bits per heavy atom. The molecule has 3 amide bonds. The minimum absolute atomic E-state index is 0.0682. The van der Waals surface area contributed by atoms with Crippen LogP contribution in [-0.2, 0) is 4.74 Å². The summed E-state index contributed by atoms with van der Waals surface area (Å²) in [5, 5.41) is 3.24. The fraction of sp³-hybridized carbons (Fsp3) is 0.909. The van der Waals surface area contributed by atoms with Gasteiger partial charge in [0, 0.05) is 37.8 Å². The minimum Gasteiger partial charge on any atom is -0.447 e. The molecule has 4 fully saturated rings. The van der Waals surface area contributed by atoms with Crippen molar-refractivity contribution >= 4 is 12.1 Å². The molecule has 4 rings (SSSR count).